The fourth-order valence-electron chi connectivity index (χ4n) is 4.51. The summed E-state index contributed by atoms with van der Waals surface area (Å²) in [6.07, 6.45) is 0.883. The molecule has 2 heterocycles. The lowest BCUT2D eigenvalue weighted by molar-refractivity contribution is -0.130. The van der Waals surface area contributed by atoms with E-state index in [0.717, 1.165) is 0 Å². The highest BCUT2D eigenvalue weighted by atomic mass is 35.5. The molecule has 0 bridgehead atoms. The van der Waals surface area contributed by atoms with E-state index in [1.807, 2.05) is 34.6 Å². The first-order valence-corrected chi connectivity index (χ1v) is 12.5. The average Bonchev–Trinajstić information content (AvgIpc) is 3.29. The number of nitrogens with one attached hydrogen (secondary N) is 4. The minimum absolute atomic E-state index is 0.0772. The fraction of sp³-hybridized carbons (Fsp3) is 0.520. The molecule has 196 valence electrons. The van der Waals surface area contributed by atoms with Gasteiger partial charge in [-0.1, -0.05) is 50.0 Å². The maximum Gasteiger partial charge on any atom is 0.268 e. The van der Waals surface area contributed by atoms with Crippen molar-refractivity contribution in [1.29, 1.82) is 0 Å². The number of H-pyrrole nitrogens is 1. The van der Waals surface area contributed by atoms with E-state index in [4.69, 9.17) is 28.9 Å². The lowest BCUT2D eigenvalue weighted by atomic mass is 9.87. The Morgan fingerprint density at radius 3 is 2.39 bits per heavy atom. The van der Waals surface area contributed by atoms with Crippen LogP contribution in [0.1, 0.15) is 64.4 Å². The van der Waals surface area contributed by atoms with Gasteiger partial charge < -0.3 is 26.7 Å². The number of carbonyl (C=O) groups excluding carboxylic acids is 4. The minimum Gasteiger partial charge on any atom is -0.368 e. The number of primary amides is 1. The van der Waals surface area contributed by atoms with Crippen molar-refractivity contribution in [3.05, 3.63) is 33.9 Å². The second-order valence-corrected chi connectivity index (χ2v) is 12.1. The molecule has 6 N–H and O–H groups in total. The van der Waals surface area contributed by atoms with Crippen molar-refractivity contribution < 1.29 is 19.2 Å². The number of carbonyl (C=O) groups is 4. The van der Waals surface area contributed by atoms with Gasteiger partial charge in [0.25, 0.3) is 5.91 Å². The fourth-order valence-corrected chi connectivity index (χ4v) is 4.88. The molecule has 1 aliphatic rings. The first-order chi connectivity index (χ1) is 16.6. The standard InChI is InChI=1S/C25H33Cl2N5O4/c1-24(2,3)11-17(31-22(35)16-8-12-6-7-14(26)18(27)19(12)29-16)23(36)30-15(20(28)33)9-13-10-25(4,5)32-21(13)34/h6-8,13,15,17,29H,9-11H2,1-5H3,(H2,28,33)(H,30,36)(H,31,35)(H,32,34). The van der Waals surface area contributed by atoms with Crippen LogP contribution in [0.5, 0.6) is 0 Å². The number of halogens is 2. The predicted molar refractivity (Wildman–Crippen MR) is 140 cm³/mol. The number of aromatic nitrogens is 1. The van der Waals surface area contributed by atoms with Gasteiger partial charge in [0.05, 0.1) is 15.6 Å². The van der Waals surface area contributed by atoms with Crippen LogP contribution >= 0.6 is 23.2 Å². The smallest absolute Gasteiger partial charge is 0.268 e. The zero-order valence-electron chi connectivity index (χ0n) is 21.1. The third-order valence-electron chi connectivity index (χ3n) is 6.14. The summed E-state index contributed by atoms with van der Waals surface area (Å²) in [6, 6.07) is 2.96. The Labute approximate surface area is 220 Å². The summed E-state index contributed by atoms with van der Waals surface area (Å²) in [4.78, 5) is 53.8. The number of hydrogen-bond acceptors (Lipinski definition) is 4. The summed E-state index contributed by atoms with van der Waals surface area (Å²) in [5.74, 6) is -2.47. The molecule has 0 saturated carbocycles. The molecule has 1 aromatic heterocycles. The molecule has 2 aromatic rings. The molecule has 3 rings (SSSR count). The highest BCUT2D eigenvalue weighted by Crippen LogP contribution is 2.31. The Morgan fingerprint density at radius 1 is 1.17 bits per heavy atom. The summed E-state index contributed by atoms with van der Waals surface area (Å²) in [6.45, 7) is 9.58. The molecule has 1 aromatic carbocycles. The van der Waals surface area contributed by atoms with E-state index < -0.39 is 41.3 Å². The molecule has 3 unspecified atom stereocenters. The topological polar surface area (TPSA) is 146 Å². The zero-order valence-corrected chi connectivity index (χ0v) is 22.6. The van der Waals surface area contributed by atoms with Crippen LogP contribution in [-0.2, 0) is 14.4 Å². The van der Waals surface area contributed by atoms with Crippen LogP contribution in [0.15, 0.2) is 18.2 Å². The number of rotatable bonds is 8. The second kappa shape index (κ2) is 10.3. The van der Waals surface area contributed by atoms with Crippen molar-refractivity contribution >= 4 is 57.7 Å². The molecule has 9 nitrogen and oxygen atoms in total. The summed E-state index contributed by atoms with van der Waals surface area (Å²) in [5, 5.41) is 9.62. The van der Waals surface area contributed by atoms with Gasteiger partial charge in [0.2, 0.25) is 17.7 Å². The molecule has 1 fully saturated rings. The highest BCUT2D eigenvalue weighted by molar-refractivity contribution is 6.45. The van der Waals surface area contributed by atoms with Crippen LogP contribution in [0.2, 0.25) is 10.0 Å². The normalized spacial score (nSPS) is 19.0. The van der Waals surface area contributed by atoms with Gasteiger partial charge >= 0.3 is 0 Å². The number of fused-ring (bicyclic) bond motifs is 1. The van der Waals surface area contributed by atoms with Gasteiger partial charge in [0.15, 0.2) is 0 Å². The van der Waals surface area contributed by atoms with Crippen LogP contribution in [-0.4, -0.2) is 46.2 Å². The first-order valence-electron chi connectivity index (χ1n) is 11.8. The maximum atomic E-state index is 13.3. The van der Waals surface area contributed by atoms with Gasteiger partial charge in [-0.25, -0.2) is 0 Å². The summed E-state index contributed by atoms with van der Waals surface area (Å²) in [7, 11) is 0. The largest absolute Gasteiger partial charge is 0.368 e. The molecule has 1 aliphatic heterocycles. The van der Waals surface area contributed by atoms with Crippen molar-refractivity contribution in [1.82, 2.24) is 20.9 Å². The summed E-state index contributed by atoms with van der Waals surface area (Å²) >= 11 is 12.3. The monoisotopic (exact) mass is 537 g/mol. The quantitative estimate of drug-likeness (QED) is 0.351. The van der Waals surface area contributed by atoms with Crippen molar-refractivity contribution in [3.63, 3.8) is 0 Å². The van der Waals surface area contributed by atoms with Crippen molar-refractivity contribution in [2.75, 3.05) is 0 Å². The van der Waals surface area contributed by atoms with Gasteiger partial charge in [-0.3, -0.25) is 19.2 Å². The lowest BCUT2D eigenvalue weighted by Gasteiger charge is -2.28. The zero-order chi connectivity index (χ0) is 27.0. The van der Waals surface area contributed by atoms with Crippen LogP contribution in [0.3, 0.4) is 0 Å². The molecule has 3 atom stereocenters. The predicted octanol–water partition coefficient (Wildman–Crippen LogP) is 3.28. The molecule has 0 radical (unpaired) electrons. The van der Waals surface area contributed by atoms with E-state index in [9.17, 15) is 19.2 Å². The van der Waals surface area contributed by atoms with E-state index >= 15 is 0 Å². The third kappa shape index (κ3) is 6.70. The van der Waals surface area contributed by atoms with Crippen LogP contribution in [0.25, 0.3) is 10.9 Å². The molecule has 0 spiro atoms. The van der Waals surface area contributed by atoms with E-state index in [-0.39, 0.29) is 23.4 Å². The number of benzene rings is 1. The summed E-state index contributed by atoms with van der Waals surface area (Å²) in [5.41, 5.74) is 5.55. The first kappa shape index (κ1) is 27.8. The lowest BCUT2D eigenvalue weighted by Crippen LogP contribution is -2.54. The van der Waals surface area contributed by atoms with E-state index in [0.29, 0.717) is 33.8 Å². The van der Waals surface area contributed by atoms with Gasteiger partial charge in [0, 0.05) is 16.8 Å². The third-order valence-corrected chi connectivity index (χ3v) is 6.94. The number of aromatic amines is 1. The Kier molecular flexibility index (Phi) is 7.95. The second-order valence-electron chi connectivity index (χ2n) is 11.3. The summed E-state index contributed by atoms with van der Waals surface area (Å²) < 4.78 is 0. The molecule has 36 heavy (non-hydrogen) atoms. The Hall–Kier alpha value is -2.78. The molecular formula is C25H33Cl2N5O4. The van der Waals surface area contributed by atoms with Gasteiger partial charge in [-0.2, -0.15) is 0 Å². The number of hydrogen-bond donors (Lipinski definition) is 5. The SMILES string of the molecule is CC(C)(C)CC(NC(=O)c1cc2ccc(Cl)c(Cl)c2[nH]1)C(=O)NC(CC1CC(C)(C)NC1=O)C(N)=O. The molecular weight excluding hydrogens is 505 g/mol. The van der Waals surface area contributed by atoms with E-state index in [2.05, 4.69) is 20.9 Å². The van der Waals surface area contributed by atoms with Gasteiger partial charge in [-0.15, -0.1) is 0 Å². The number of nitrogens with two attached hydrogens (primary N) is 1. The highest BCUT2D eigenvalue weighted by Gasteiger charge is 2.40. The molecule has 11 heteroatoms. The molecule has 0 aliphatic carbocycles. The molecule has 4 amide bonds. The van der Waals surface area contributed by atoms with Crippen molar-refractivity contribution in [3.8, 4) is 0 Å². The van der Waals surface area contributed by atoms with E-state index in [1.54, 1.807) is 18.2 Å². The van der Waals surface area contributed by atoms with Crippen LogP contribution in [0, 0.1) is 11.3 Å². The van der Waals surface area contributed by atoms with Crippen molar-refractivity contribution in [2.24, 2.45) is 17.1 Å². The van der Waals surface area contributed by atoms with Crippen LogP contribution < -0.4 is 21.7 Å². The van der Waals surface area contributed by atoms with Gasteiger partial charge in [-0.05, 0) is 50.7 Å². The Balaban J connectivity index is 1.78. The molecule has 1 saturated heterocycles. The average molecular weight is 538 g/mol. The Bertz CT molecular complexity index is 1200. The van der Waals surface area contributed by atoms with E-state index in [1.165, 1.54) is 0 Å². The number of amides is 4. The van der Waals surface area contributed by atoms with Crippen LogP contribution in [0.4, 0.5) is 0 Å². The van der Waals surface area contributed by atoms with Crippen molar-refractivity contribution in [2.45, 2.75) is 71.5 Å². The van der Waals surface area contributed by atoms with Gasteiger partial charge in [0.1, 0.15) is 17.8 Å². The maximum absolute atomic E-state index is 13.3. The Morgan fingerprint density at radius 2 is 1.83 bits per heavy atom. The minimum atomic E-state index is -1.06.